The number of halogens is 1. The summed E-state index contributed by atoms with van der Waals surface area (Å²) in [6.07, 6.45) is -0.505. The van der Waals surface area contributed by atoms with Crippen LogP contribution in [0.3, 0.4) is 0 Å². The van der Waals surface area contributed by atoms with E-state index in [1.807, 2.05) is 11.8 Å². The molecule has 0 spiro atoms. The van der Waals surface area contributed by atoms with Crippen LogP contribution >= 0.6 is 34.9 Å². The molecule has 2 atom stereocenters. The van der Waals surface area contributed by atoms with E-state index in [1.54, 1.807) is 39.3 Å². The zero-order chi connectivity index (χ0) is 22.1. The number of carbonyl (C=O) groups is 2. The molecule has 162 valence electrons. The highest BCUT2D eigenvalue weighted by Crippen LogP contribution is 2.41. The van der Waals surface area contributed by atoms with Crippen LogP contribution in [0.2, 0.25) is 0 Å². The number of thioether (sulfide) groups is 2. The highest BCUT2D eigenvalue weighted by molar-refractivity contribution is 8.01. The van der Waals surface area contributed by atoms with Gasteiger partial charge in [-0.2, -0.15) is 0 Å². The number of nitrogens with zero attached hydrogens (tertiary/aromatic N) is 2. The lowest BCUT2D eigenvalue weighted by molar-refractivity contribution is 0.0525. The van der Waals surface area contributed by atoms with Crippen LogP contribution in [-0.4, -0.2) is 40.5 Å². The zero-order valence-electron chi connectivity index (χ0n) is 17.2. The Balaban J connectivity index is 1.55. The minimum absolute atomic E-state index is 0.275. The Bertz CT molecular complexity index is 947. The van der Waals surface area contributed by atoms with Gasteiger partial charge in [-0.25, -0.2) is 14.2 Å². The van der Waals surface area contributed by atoms with Gasteiger partial charge in [0.2, 0.25) is 0 Å². The molecular formula is C19H23FN4O3S3. The third-order valence-electron chi connectivity index (χ3n) is 3.86. The molecule has 11 heteroatoms. The number of anilines is 1. The lowest BCUT2D eigenvalue weighted by atomic mass is 10.2. The third-order valence-corrected chi connectivity index (χ3v) is 7.09. The minimum Gasteiger partial charge on any atom is -0.444 e. The van der Waals surface area contributed by atoms with Crippen LogP contribution in [0.5, 0.6) is 0 Å². The first kappa shape index (κ1) is 22.7. The van der Waals surface area contributed by atoms with Gasteiger partial charge >= 0.3 is 6.09 Å². The van der Waals surface area contributed by atoms with E-state index >= 15 is 0 Å². The second kappa shape index (κ2) is 9.03. The Labute approximate surface area is 187 Å². The number of nitrogens with one attached hydrogen (secondary N) is 2. The summed E-state index contributed by atoms with van der Waals surface area (Å²) in [5, 5.41) is 7.03. The smallest absolute Gasteiger partial charge is 0.408 e. The summed E-state index contributed by atoms with van der Waals surface area (Å²) in [7, 11) is 1.80. The molecule has 2 unspecified atom stereocenters. The molecule has 1 aliphatic heterocycles. The maximum absolute atomic E-state index is 13.5. The summed E-state index contributed by atoms with van der Waals surface area (Å²) in [4.78, 5) is 31.5. The highest BCUT2D eigenvalue weighted by Gasteiger charge is 2.30. The number of amides is 2. The van der Waals surface area contributed by atoms with Gasteiger partial charge in [0.05, 0.1) is 11.1 Å². The van der Waals surface area contributed by atoms with Gasteiger partial charge in [0, 0.05) is 17.3 Å². The molecule has 0 bridgehead atoms. The van der Waals surface area contributed by atoms with Crippen LogP contribution < -0.4 is 15.5 Å². The average Bonchev–Trinajstić information content (AvgIpc) is 3.19. The second-order valence-electron chi connectivity index (χ2n) is 7.57. The number of hydrogen-bond donors (Lipinski definition) is 2. The van der Waals surface area contributed by atoms with Crippen molar-refractivity contribution in [3.8, 4) is 0 Å². The molecule has 1 aromatic heterocycles. The molecule has 2 N–H and O–H groups in total. The van der Waals surface area contributed by atoms with Gasteiger partial charge in [-0.05, 0) is 45.9 Å². The Kier molecular flexibility index (Phi) is 6.83. The van der Waals surface area contributed by atoms with Crippen molar-refractivity contribution in [3.63, 3.8) is 0 Å². The van der Waals surface area contributed by atoms with Crippen molar-refractivity contribution in [1.29, 1.82) is 0 Å². The van der Waals surface area contributed by atoms with Gasteiger partial charge < -0.3 is 20.3 Å². The minimum atomic E-state index is -0.572. The van der Waals surface area contributed by atoms with Gasteiger partial charge in [0.15, 0.2) is 9.84 Å². The number of hydrogen-bond acceptors (Lipinski definition) is 8. The van der Waals surface area contributed by atoms with Crippen LogP contribution in [0.25, 0.3) is 0 Å². The molecule has 0 radical (unpaired) electrons. The van der Waals surface area contributed by atoms with E-state index < -0.39 is 11.7 Å². The number of aromatic nitrogens is 1. The van der Waals surface area contributed by atoms with Gasteiger partial charge in [-0.1, -0.05) is 23.5 Å². The fraction of sp³-hybridized carbons (Fsp3) is 0.421. The summed E-state index contributed by atoms with van der Waals surface area (Å²) in [6, 6.07) is 4.56. The fourth-order valence-corrected chi connectivity index (χ4v) is 5.65. The molecule has 2 heterocycles. The Morgan fingerprint density at radius 3 is 2.80 bits per heavy atom. The van der Waals surface area contributed by atoms with E-state index in [0.717, 1.165) is 10.6 Å². The molecule has 30 heavy (non-hydrogen) atoms. The molecular weight excluding hydrogens is 447 g/mol. The van der Waals surface area contributed by atoms with Crippen molar-refractivity contribution < 1.29 is 18.7 Å². The predicted octanol–water partition coefficient (Wildman–Crippen LogP) is 4.50. The van der Waals surface area contributed by atoms with Gasteiger partial charge in [0.25, 0.3) is 5.91 Å². The number of rotatable bonds is 5. The third kappa shape index (κ3) is 5.79. The summed E-state index contributed by atoms with van der Waals surface area (Å²) in [5.41, 5.74) is 0.113. The number of carbonyl (C=O) groups excluding carboxylic acids is 2. The molecule has 2 aromatic rings. The van der Waals surface area contributed by atoms with Crippen molar-refractivity contribution >= 4 is 52.5 Å². The quantitative estimate of drug-likeness (QED) is 0.492. The first-order valence-electron chi connectivity index (χ1n) is 9.13. The van der Waals surface area contributed by atoms with Crippen molar-refractivity contribution in [2.45, 2.75) is 53.4 Å². The van der Waals surface area contributed by atoms with E-state index in [2.05, 4.69) is 15.6 Å². The Morgan fingerprint density at radius 2 is 2.10 bits per heavy atom. The summed E-state index contributed by atoms with van der Waals surface area (Å²) in [5.74, 6) is -0.632. The monoisotopic (exact) mass is 470 g/mol. The van der Waals surface area contributed by atoms with E-state index in [1.165, 1.54) is 47.0 Å². The number of ether oxygens (including phenoxy) is 1. The summed E-state index contributed by atoms with van der Waals surface area (Å²) < 4.78 is 19.4. The van der Waals surface area contributed by atoms with E-state index in [0.29, 0.717) is 10.0 Å². The molecule has 0 fully saturated rings. The summed E-state index contributed by atoms with van der Waals surface area (Å²) >= 11 is 4.09. The van der Waals surface area contributed by atoms with Crippen LogP contribution in [0.1, 0.15) is 38.2 Å². The normalized spacial score (nSPS) is 16.7. The standard InChI is InChI=1S/C19H23FN4O3S3/c1-10(21-17(26)27-19(2,3)4)29-18-22-12(9-28-18)15(25)23-16-24(5)13-8-11(20)6-7-14(13)30-16/h6-10,16H,1-5H3,(H,21,26)(H,23,25). The lowest BCUT2D eigenvalue weighted by Crippen LogP contribution is -2.42. The molecule has 7 nitrogen and oxygen atoms in total. The highest BCUT2D eigenvalue weighted by atomic mass is 32.2. The maximum Gasteiger partial charge on any atom is 0.408 e. The number of alkyl carbamates (subject to hydrolysis) is 1. The Hall–Kier alpha value is -1.98. The number of thiazole rings is 1. The molecule has 3 rings (SSSR count). The fourth-order valence-electron chi connectivity index (χ4n) is 2.57. The van der Waals surface area contributed by atoms with Crippen LogP contribution in [0.15, 0.2) is 32.8 Å². The molecule has 1 aromatic carbocycles. The average molecular weight is 471 g/mol. The molecule has 0 saturated carbocycles. The predicted molar refractivity (Wildman–Crippen MR) is 119 cm³/mol. The lowest BCUT2D eigenvalue weighted by Gasteiger charge is -2.22. The number of benzene rings is 1. The molecule has 0 saturated heterocycles. The number of fused-ring (bicyclic) bond motifs is 1. The molecule has 0 aliphatic carbocycles. The SMILES string of the molecule is CC(NC(=O)OC(C)(C)C)Sc1nc(C(=O)NC2Sc3ccc(F)cc3N2C)cs1. The molecule has 2 amide bonds. The van der Waals surface area contributed by atoms with E-state index in [-0.39, 0.29) is 22.6 Å². The van der Waals surface area contributed by atoms with Crippen molar-refractivity contribution in [3.05, 3.63) is 35.1 Å². The molecule has 1 aliphatic rings. The van der Waals surface area contributed by atoms with Crippen LogP contribution in [-0.2, 0) is 4.74 Å². The second-order valence-corrected chi connectivity index (χ2v) is 11.1. The Morgan fingerprint density at radius 1 is 1.37 bits per heavy atom. The largest absolute Gasteiger partial charge is 0.444 e. The van der Waals surface area contributed by atoms with Crippen molar-refractivity contribution in [2.24, 2.45) is 0 Å². The topological polar surface area (TPSA) is 83.6 Å². The van der Waals surface area contributed by atoms with Gasteiger partial charge in [-0.15, -0.1) is 11.3 Å². The van der Waals surface area contributed by atoms with Crippen molar-refractivity contribution in [1.82, 2.24) is 15.6 Å². The zero-order valence-corrected chi connectivity index (χ0v) is 19.6. The first-order chi connectivity index (χ1) is 14.0. The first-order valence-corrected chi connectivity index (χ1v) is 11.8. The van der Waals surface area contributed by atoms with E-state index in [4.69, 9.17) is 4.74 Å². The summed E-state index contributed by atoms with van der Waals surface area (Å²) in [6.45, 7) is 7.21. The van der Waals surface area contributed by atoms with Gasteiger partial charge in [0.1, 0.15) is 17.1 Å². The van der Waals surface area contributed by atoms with Gasteiger partial charge in [-0.3, -0.25) is 4.79 Å². The van der Waals surface area contributed by atoms with Crippen LogP contribution in [0.4, 0.5) is 14.9 Å². The van der Waals surface area contributed by atoms with E-state index in [9.17, 15) is 14.0 Å². The van der Waals surface area contributed by atoms with Crippen molar-refractivity contribution in [2.75, 3.05) is 11.9 Å². The maximum atomic E-state index is 13.5. The van der Waals surface area contributed by atoms with Crippen LogP contribution in [0, 0.1) is 5.82 Å².